The summed E-state index contributed by atoms with van der Waals surface area (Å²) in [5, 5.41) is 0. The first-order chi connectivity index (χ1) is 5.65. The molecule has 0 amide bonds. The van der Waals surface area contributed by atoms with E-state index in [2.05, 4.69) is 35.6 Å². The molecule has 2 heteroatoms. The SMILES string of the molecule is Cc1cc(C(C)CF)ccc1I. The second-order valence-corrected chi connectivity index (χ2v) is 4.23. The first-order valence-electron chi connectivity index (χ1n) is 3.97. The molecule has 1 rings (SSSR count). The molecule has 1 aromatic rings. The van der Waals surface area contributed by atoms with Crippen molar-refractivity contribution in [2.45, 2.75) is 19.8 Å². The van der Waals surface area contributed by atoms with Crippen LogP contribution in [0.15, 0.2) is 18.2 Å². The minimum atomic E-state index is -0.278. The molecule has 1 unspecified atom stereocenters. The van der Waals surface area contributed by atoms with Crippen molar-refractivity contribution in [3.05, 3.63) is 32.9 Å². The summed E-state index contributed by atoms with van der Waals surface area (Å²) in [6.07, 6.45) is 0. The second-order valence-electron chi connectivity index (χ2n) is 3.06. The van der Waals surface area contributed by atoms with Gasteiger partial charge in [-0.1, -0.05) is 19.1 Å². The molecule has 0 heterocycles. The Morgan fingerprint density at radius 1 is 1.50 bits per heavy atom. The number of hydrogen-bond acceptors (Lipinski definition) is 0. The molecule has 12 heavy (non-hydrogen) atoms. The minimum absolute atomic E-state index is 0.0284. The third-order valence-electron chi connectivity index (χ3n) is 1.98. The zero-order valence-electron chi connectivity index (χ0n) is 7.27. The van der Waals surface area contributed by atoms with Crippen LogP contribution in [0.3, 0.4) is 0 Å². The molecule has 0 saturated carbocycles. The van der Waals surface area contributed by atoms with Crippen molar-refractivity contribution < 1.29 is 4.39 Å². The summed E-state index contributed by atoms with van der Waals surface area (Å²) in [6.45, 7) is 3.68. The van der Waals surface area contributed by atoms with E-state index in [-0.39, 0.29) is 12.6 Å². The van der Waals surface area contributed by atoms with Crippen molar-refractivity contribution in [2.75, 3.05) is 6.67 Å². The Morgan fingerprint density at radius 2 is 2.17 bits per heavy atom. The standard InChI is InChI=1S/C10H12FI/c1-7-5-9(8(2)6-11)3-4-10(7)12/h3-5,8H,6H2,1-2H3. The lowest BCUT2D eigenvalue weighted by Crippen LogP contribution is -1.96. The van der Waals surface area contributed by atoms with Crippen molar-refractivity contribution in [2.24, 2.45) is 0 Å². The fourth-order valence-corrected chi connectivity index (χ4v) is 1.40. The Morgan fingerprint density at radius 3 is 2.67 bits per heavy atom. The Kier molecular flexibility index (Phi) is 3.50. The maximum atomic E-state index is 12.3. The van der Waals surface area contributed by atoms with Crippen LogP contribution in [0.4, 0.5) is 4.39 Å². The van der Waals surface area contributed by atoms with Crippen LogP contribution in [0.2, 0.25) is 0 Å². The Bertz CT molecular complexity index is 271. The lowest BCUT2D eigenvalue weighted by molar-refractivity contribution is 0.447. The summed E-state index contributed by atoms with van der Waals surface area (Å²) in [6, 6.07) is 6.10. The molecule has 0 spiro atoms. The van der Waals surface area contributed by atoms with Gasteiger partial charge in [0.05, 0.1) is 6.67 Å². The van der Waals surface area contributed by atoms with E-state index in [0.717, 1.165) is 5.56 Å². The van der Waals surface area contributed by atoms with Gasteiger partial charge in [0, 0.05) is 9.49 Å². The summed E-state index contributed by atoms with van der Waals surface area (Å²) in [5.74, 6) is 0.0284. The van der Waals surface area contributed by atoms with E-state index in [0.29, 0.717) is 0 Å². The summed E-state index contributed by atoms with van der Waals surface area (Å²) in [7, 11) is 0. The van der Waals surface area contributed by atoms with Crippen LogP contribution < -0.4 is 0 Å². The highest BCUT2D eigenvalue weighted by molar-refractivity contribution is 14.1. The molecule has 0 N–H and O–H groups in total. The van der Waals surface area contributed by atoms with E-state index in [1.165, 1.54) is 9.13 Å². The molecular weight excluding hydrogens is 266 g/mol. The fraction of sp³-hybridized carbons (Fsp3) is 0.400. The third-order valence-corrected chi connectivity index (χ3v) is 3.19. The average molecular weight is 278 g/mol. The van der Waals surface area contributed by atoms with E-state index in [4.69, 9.17) is 0 Å². The smallest absolute Gasteiger partial charge is 0.0960 e. The van der Waals surface area contributed by atoms with Gasteiger partial charge in [0.2, 0.25) is 0 Å². The summed E-state index contributed by atoms with van der Waals surface area (Å²) >= 11 is 2.28. The number of aryl methyl sites for hydroxylation is 1. The van der Waals surface area contributed by atoms with Gasteiger partial charge in [-0.25, -0.2) is 0 Å². The lowest BCUT2D eigenvalue weighted by Gasteiger charge is -2.08. The van der Waals surface area contributed by atoms with E-state index >= 15 is 0 Å². The van der Waals surface area contributed by atoms with Crippen molar-refractivity contribution in [1.29, 1.82) is 0 Å². The van der Waals surface area contributed by atoms with Crippen molar-refractivity contribution in [1.82, 2.24) is 0 Å². The molecule has 66 valence electrons. The van der Waals surface area contributed by atoms with Gasteiger partial charge in [0.1, 0.15) is 0 Å². The largest absolute Gasteiger partial charge is 0.250 e. The molecule has 0 nitrogen and oxygen atoms in total. The third kappa shape index (κ3) is 2.19. The van der Waals surface area contributed by atoms with Gasteiger partial charge in [0.15, 0.2) is 0 Å². The number of rotatable bonds is 2. The highest BCUT2D eigenvalue weighted by Crippen LogP contribution is 2.20. The highest BCUT2D eigenvalue weighted by atomic mass is 127. The number of halogens is 2. The molecule has 0 fully saturated rings. The van der Waals surface area contributed by atoms with Crippen molar-refractivity contribution >= 4 is 22.6 Å². The van der Waals surface area contributed by atoms with Crippen molar-refractivity contribution in [3.63, 3.8) is 0 Å². The normalized spacial score (nSPS) is 13.0. The minimum Gasteiger partial charge on any atom is -0.250 e. The first-order valence-corrected chi connectivity index (χ1v) is 5.05. The van der Waals surface area contributed by atoms with E-state index in [1.54, 1.807) is 0 Å². The van der Waals surface area contributed by atoms with Gasteiger partial charge in [-0.15, -0.1) is 0 Å². The second kappa shape index (κ2) is 4.21. The maximum Gasteiger partial charge on any atom is 0.0960 e. The first kappa shape index (κ1) is 9.96. The van der Waals surface area contributed by atoms with Crippen LogP contribution in [-0.4, -0.2) is 6.67 Å². The average Bonchev–Trinajstić information content (AvgIpc) is 2.08. The Balaban J connectivity index is 2.96. The van der Waals surface area contributed by atoms with Crippen LogP contribution in [0.5, 0.6) is 0 Å². The number of benzene rings is 1. The Labute approximate surface area is 86.3 Å². The van der Waals surface area contributed by atoms with Gasteiger partial charge in [0.25, 0.3) is 0 Å². The quantitative estimate of drug-likeness (QED) is 0.724. The van der Waals surface area contributed by atoms with E-state index in [1.807, 2.05) is 19.1 Å². The van der Waals surface area contributed by atoms with Gasteiger partial charge in [-0.2, -0.15) is 0 Å². The molecule has 1 aromatic carbocycles. The van der Waals surface area contributed by atoms with Gasteiger partial charge in [-0.3, -0.25) is 4.39 Å². The van der Waals surface area contributed by atoms with Crippen LogP contribution in [-0.2, 0) is 0 Å². The number of hydrogen-bond donors (Lipinski definition) is 0. The summed E-state index contributed by atoms with van der Waals surface area (Å²) in [5.41, 5.74) is 2.32. The monoisotopic (exact) mass is 278 g/mol. The lowest BCUT2D eigenvalue weighted by atomic mass is 10.0. The molecular formula is C10H12FI. The Hall–Kier alpha value is -0.120. The van der Waals surface area contributed by atoms with Crippen LogP contribution in [0.25, 0.3) is 0 Å². The molecule has 1 atom stereocenters. The molecule has 0 radical (unpaired) electrons. The summed E-state index contributed by atoms with van der Waals surface area (Å²) in [4.78, 5) is 0. The van der Waals surface area contributed by atoms with Crippen LogP contribution in [0, 0.1) is 10.5 Å². The predicted molar refractivity (Wildman–Crippen MR) is 58.3 cm³/mol. The van der Waals surface area contributed by atoms with E-state index in [9.17, 15) is 4.39 Å². The maximum absolute atomic E-state index is 12.3. The van der Waals surface area contributed by atoms with E-state index < -0.39 is 0 Å². The molecule has 0 saturated heterocycles. The molecule has 0 bridgehead atoms. The van der Waals surface area contributed by atoms with Crippen LogP contribution in [0.1, 0.15) is 24.0 Å². The zero-order chi connectivity index (χ0) is 9.14. The zero-order valence-corrected chi connectivity index (χ0v) is 9.43. The van der Waals surface area contributed by atoms with Crippen LogP contribution >= 0.6 is 22.6 Å². The topological polar surface area (TPSA) is 0 Å². The highest BCUT2D eigenvalue weighted by Gasteiger charge is 2.05. The molecule has 0 aliphatic carbocycles. The van der Waals surface area contributed by atoms with Gasteiger partial charge < -0.3 is 0 Å². The van der Waals surface area contributed by atoms with Gasteiger partial charge >= 0.3 is 0 Å². The number of alkyl halides is 1. The molecule has 0 aliphatic rings. The van der Waals surface area contributed by atoms with Gasteiger partial charge in [-0.05, 0) is 46.7 Å². The molecule has 0 aliphatic heterocycles. The molecule has 0 aromatic heterocycles. The predicted octanol–water partition coefficient (Wildman–Crippen LogP) is 3.67. The summed E-state index contributed by atoms with van der Waals surface area (Å²) < 4.78 is 13.5. The van der Waals surface area contributed by atoms with Crippen molar-refractivity contribution in [3.8, 4) is 0 Å². The fourth-order valence-electron chi connectivity index (χ4n) is 1.06.